The second kappa shape index (κ2) is 4.52. The van der Waals surface area contributed by atoms with Crippen molar-refractivity contribution in [2.75, 3.05) is 12.0 Å². The highest BCUT2D eigenvalue weighted by Crippen LogP contribution is 2.27. The predicted molar refractivity (Wildman–Crippen MR) is 78.5 cm³/mol. The van der Waals surface area contributed by atoms with Crippen LogP contribution in [0.25, 0.3) is 16.9 Å². The second-order valence-corrected chi connectivity index (χ2v) is 6.79. The Morgan fingerprint density at radius 2 is 2.00 bits per heavy atom. The summed E-state index contributed by atoms with van der Waals surface area (Å²) < 4.78 is 25.0. The van der Waals surface area contributed by atoms with Gasteiger partial charge in [-0.05, 0) is 24.6 Å². The van der Waals surface area contributed by atoms with Crippen LogP contribution >= 0.6 is 0 Å². The number of nitrogen functional groups attached to an aromatic ring is 1. The highest BCUT2D eigenvalue weighted by Gasteiger charge is 2.15. The number of aromatic nitrogens is 4. The summed E-state index contributed by atoms with van der Waals surface area (Å²) in [6, 6.07) is 4.96. The molecule has 0 saturated heterocycles. The van der Waals surface area contributed by atoms with E-state index in [0.717, 1.165) is 11.1 Å². The number of fused-ring (bicyclic) bond motifs is 1. The van der Waals surface area contributed by atoms with Gasteiger partial charge in [0.25, 0.3) is 0 Å². The maximum atomic E-state index is 11.7. The molecule has 0 aliphatic rings. The summed E-state index contributed by atoms with van der Waals surface area (Å²) >= 11 is 0. The minimum atomic E-state index is -3.28. The molecule has 1 aromatic carbocycles. The van der Waals surface area contributed by atoms with E-state index in [2.05, 4.69) is 15.1 Å². The van der Waals surface area contributed by atoms with Gasteiger partial charge in [-0.15, -0.1) is 0 Å². The lowest BCUT2D eigenvalue weighted by Gasteiger charge is -2.07. The molecule has 2 heterocycles. The minimum Gasteiger partial charge on any atom is -0.381 e. The Labute approximate surface area is 121 Å². The van der Waals surface area contributed by atoms with Crippen LogP contribution in [0.2, 0.25) is 0 Å². The van der Waals surface area contributed by atoms with Crippen LogP contribution in [0.5, 0.6) is 0 Å². The zero-order valence-corrected chi connectivity index (χ0v) is 12.3. The fraction of sp³-hybridized carbons (Fsp3) is 0.154. The second-order valence-electron chi connectivity index (χ2n) is 4.77. The van der Waals surface area contributed by atoms with Gasteiger partial charge < -0.3 is 5.73 Å². The number of nitrogens with two attached hydrogens (primary N) is 1. The van der Waals surface area contributed by atoms with Crippen LogP contribution in [0.1, 0.15) is 5.56 Å². The molecule has 0 bridgehead atoms. The van der Waals surface area contributed by atoms with E-state index in [4.69, 9.17) is 5.73 Å². The molecule has 3 rings (SSSR count). The van der Waals surface area contributed by atoms with E-state index in [1.807, 2.05) is 6.92 Å². The van der Waals surface area contributed by atoms with Crippen molar-refractivity contribution in [3.63, 3.8) is 0 Å². The predicted octanol–water partition coefficient (Wildman–Crippen LogP) is 1.09. The van der Waals surface area contributed by atoms with Crippen molar-refractivity contribution in [3.8, 4) is 11.3 Å². The number of hydrogen-bond donors (Lipinski definition) is 1. The molecule has 0 aliphatic heterocycles. The van der Waals surface area contributed by atoms with Crippen molar-refractivity contribution in [1.82, 2.24) is 19.6 Å². The molecule has 2 N–H and O–H groups in total. The topological polar surface area (TPSA) is 103 Å². The molecule has 0 radical (unpaired) electrons. The van der Waals surface area contributed by atoms with Crippen LogP contribution in [0.4, 0.5) is 5.82 Å². The van der Waals surface area contributed by atoms with Gasteiger partial charge in [0.05, 0.1) is 16.8 Å². The SMILES string of the molecule is Cc1ccc(S(C)(=O)=O)cc1-c1cnc2c(N)ncnn12. The molecule has 0 spiro atoms. The Hall–Kier alpha value is -2.48. The summed E-state index contributed by atoms with van der Waals surface area (Å²) in [5.41, 5.74) is 8.52. The fourth-order valence-electron chi connectivity index (χ4n) is 2.13. The van der Waals surface area contributed by atoms with Gasteiger partial charge in [0.15, 0.2) is 21.3 Å². The van der Waals surface area contributed by atoms with Gasteiger partial charge in [-0.25, -0.2) is 22.9 Å². The van der Waals surface area contributed by atoms with Crippen LogP contribution in [-0.2, 0) is 9.84 Å². The van der Waals surface area contributed by atoms with Gasteiger partial charge in [-0.3, -0.25) is 0 Å². The minimum absolute atomic E-state index is 0.250. The lowest BCUT2D eigenvalue weighted by atomic mass is 10.1. The first-order valence-corrected chi connectivity index (χ1v) is 8.02. The Kier molecular flexibility index (Phi) is 2.91. The first-order chi connectivity index (χ1) is 9.88. The molecule has 21 heavy (non-hydrogen) atoms. The first kappa shape index (κ1) is 13.5. The zero-order chi connectivity index (χ0) is 15.2. The van der Waals surface area contributed by atoms with Gasteiger partial charge in [-0.2, -0.15) is 5.10 Å². The third-order valence-electron chi connectivity index (χ3n) is 3.24. The molecular weight excluding hydrogens is 290 g/mol. The summed E-state index contributed by atoms with van der Waals surface area (Å²) in [5.74, 6) is 0.271. The number of benzene rings is 1. The molecule has 0 fully saturated rings. The lowest BCUT2D eigenvalue weighted by Crippen LogP contribution is -2.02. The largest absolute Gasteiger partial charge is 0.381 e. The molecule has 0 atom stereocenters. The van der Waals surface area contributed by atoms with E-state index in [0.29, 0.717) is 11.3 Å². The van der Waals surface area contributed by atoms with Crippen molar-refractivity contribution in [2.24, 2.45) is 0 Å². The highest BCUT2D eigenvalue weighted by atomic mass is 32.2. The molecule has 108 valence electrons. The standard InChI is InChI=1S/C13H13N5O2S/c1-8-3-4-9(21(2,19)20)5-10(8)11-6-15-13-12(14)16-7-17-18(11)13/h3-7H,1-2H3,(H2,14,16,17). The van der Waals surface area contributed by atoms with Crippen molar-refractivity contribution in [3.05, 3.63) is 36.3 Å². The van der Waals surface area contributed by atoms with Crippen LogP contribution < -0.4 is 5.73 Å². The highest BCUT2D eigenvalue weighted by molar-refractivity contribution is 7.90. The Morgan fingerprint density at radius 1 is 1.24 bits per heavy atom. The van der Waals surface area contributed by atoms with Crippen molar-refractivity contribution in [2.45, 2.75) is 11.8 Å². The van der Waals surface area contributed by atoms with Gasteiger partial charge in [-0.1, -0.05) is 6.07 Å². The third-order valence-corrected chi connectivity index (χ3v) is 4.35. The smallest absolute Gasteiger partial charge is 0.197 e. The van der Waals surface area contributed by atoms with Gasteiger partial charge >= 0.3 is 0 Å². The molecule has 3 aromatic rings. The van der Waals surface area contributed by atoms with E-state index >= 15 is 0 Å². The number of rotatable bonds is 2. The summed E-state index contributed by atoms with van der Waals surface area (Å²) in [4.78, 5) is 8.32. The summed E-state index contributed by atoms with van der Waals surface area (Å²) in [6.07, 6.45) is 4.12. The van der Waals surface area contributed by atoms with Crippen molar-refractivity contribution >= 4 is 21.3 Å². The molecule has 2 aromatic heterocycles. The van der Waals surface area contributed by atoms with Crippen LogP contribution in [0.15, 0.2) is 35.6 Å². The molecular formula is C13H13N5O2S. The molecule has 0 amide bonds. The van der Waals surface area contributed by atoms with Gasteiger partial charge in [0.2, 0.25) is 0 Å². The van der Waals surface area contributed by atoms with E-state index in [-0.39, 0.29) is 10.7 Å². The van der Waals surface area contributed by atoms with Crippen LogP contribution in [0, 0.1) is 6.92 Å². The molecule has 7 nitrogen and oxygen atoms in total. The molecule has 0 aliphatic carbocycles. The number of aryl methyl sites for hydroxylation is 1. The van der Waals surface area contributed by atoms with Gasteiger partial charge in [0, 0.05) is 11.8 Å². The van der Waals surface area contributed by atoms with E-state index < -0.39 is 9.84 Å². The van der Waals surface area contributed by atoms with Crippen LogP contribution in [0.3, 0.4) is 0 Å². The van der Waals surface area contributed by atoms with E-state index in [1.165, 1.54) is 12.6 Å². The third kappa shape index (κ3) is 2.23. The lowest BCUT2D eigenvalue weighted by molar-refractivity contribution is 0.602. The summed E-state index contributed by atoms with van der Waals surface area (Å²) in [7, 11) is -3.28. The zero-order valence-electron chi connectivity index (χ0n) is 11.5. The first-order valence-electron chi connectivity index (χ1n) is 6.13. The normalized spacial score (nSPS) is 11.9. The maximum absolute atomic E-state index is 11.7. The van der Waals surface area contributed by atoms with Gasteiger partial charge in [0.1, 0.15) is 6.33 Å². The Balaban J connectivity index is 2.30. The van der Waals surface area contributed by atoms with Crippen LogP contribution in [-0.4, -0.2) is 34.3 Å². The average Bonchev–Trinajstić information content (AvgIpc) is 2.83. The monoisotopic (exact) mass is 303 g/mol. The Morgan fingerprint density at radius 3 is 2.71 bits per heavy atom. The maximum Gasteiger partial charge on any atom is 0.197 e. The Bertz CT molecular complexity index is 946. The van der Waals surface area contributed by atoms with E-state index in [1.54, 1.807) is 28.9 Å². The summed E-state index contributed by atoms with van der Waals surface area (Å²) in [6.45, 7) is 1.89. The number of nitrogens with zero attached hydrogens (tertiary/aromatic N) is 4. The summed E-state index contributed by atoms with van der Waals surface area (Å²) in [5, 5.41) is 4.12. The fourth-order valence-corrected chi connectivity index (χ4v) is 2.77. The number of anilines is 1. The number of imidazole rings is 1. The molecule has 8 heteroatoms. The van der Waals surface area contributed by atoms with Crippen molar-refractivity contribution in [1.29, 1.82) is 0 Å². The van der Waals surface area contributed by atoms with E-state index in [9.17, 15) is 8.42 Å². The number of hydrogen-bond acceptors (Lipinski definition) is 6. The quantitative estimate of drug-likeness (QED) is 0.760. The molecule has 0 unspecified atom stereocenters. The average molecular weight is 303 g/mol. The number of sulfone groups is 1. The molecule has 0 saturated carbocycles. The van der Waals surface area contributed by atoms with Crippen molar-refractivity contribution < 1.29 is 8.42 Å².